The summed E-state index contributed by atoms with van der Waals surface area (Å²) in [5.41, 5.74) is 0.637. The van der Waals surface area contributed by atoms with Crippen molar-refractivity contribution in [3.05, 3.63) is 11.6 Å². The molecule has 4 nitrogen and oxygen atoms in total. The van der Waals surface area contributed by atoms with Crippen LogP contribution in [-0.2, 0) is 19.1 Å². The number of allylic oxidation sites excluding steroid dienone is 2. The summed E-state index contributed by atoms with van der Waals surface area (Å²) in [7, 11) is 0. The van der Waals surface area contributed by atoms with Gasteiger partial charge in [-0.2, -0.15) is 0 Å². The maximum absolute atomic E-state index is 11.2. The average molecular weight is 254 g/mol. The molecule has 0 heterocycles. The molecule has 1 aliphatic rings. The average Bonchev–Trinajstić information content (AvgIpc) is 2.26. The van der Waals surface area contributed by atoms with Crippen LogP contribution in [0.2, 0.25) is 0 Å². The summed E-state index contributed by atoms with van der Waals surface area (Å²) < 4.78 is 10.5. The molecular weight excluding hydrogens is 232 g/mol. The lowest BCUT2D eigenvalue weighted by Gasteiger charge is -2.37. The Kier molecular flexibility index (Phi) is 4.93. The highest BCUT2D eigenvalue weighted by molar-refractivity contribution is 5.67. The van der Waals surface area contributed by atoms with Crippen molar-refractivity contribution in [3.8, 4) is 0 Å². The van der Waals surface area contributed by atoms with Gasteiger partial charge in [-0.3, -0.25) is 9.59 Å². The molecule has 0 N–H and O–H groups in total. The van der Waals surface area contributed by atoms with Crippen LogP contribution in [0, 0.1) is 5.92 Å². The highest BCUT2D eigenvalue weighted by Gasteiger charge is 2.38. The van der Waals surface area contributed by atoms with Gasteiger partial charge >= 0.3 is 11.9 Å². The first-order chi connectivity index (χ1) is 8.33. The van der Waals surface area contributed by atoms with E-state index in [1.54, 1.807) is 0 Å². The fourth-order valence-corrected chi connectivity index (χ4v) is 2.32. The molecule has 0 bridgehead atoms. The van der Waals surface area contributed by atoms with Gasteiger partial charge in [-0.15, -0.1) is 0 Å². The van der Waals surface area contributed by atoms with E-state index in [0.29, 0.717) is 0 Å². The van der Waals surface area contributed by atoms with Gasteiger partial charge in [0, 0.05) is 19.8 Å². The van der Waals surface area contributed by atoms with E-state index in [0.717, 1.165) is 19.3 Å². The number of carbonyl (C=O) groups is 2. The zero-order valence-corrected chi connectivity index (χ0v) is 11.6. The summed E-state index contributed by atoms with van der Waals surface area (Å²) in [6.45, 7) is 6.82. The largest absolute Gasteiger partial charge is 0.462 e. The zero-order chi connectivity index (χ0) is 13.8. The minimum Gasteiger partial charge on any atom is -0.462 e. The number of hydrogen-bond acceptors (Lipinski definition) is 4. The van der Waals surface area contributed by atoms with Crippen molar-refractivity contribution in [2.24, 2.45) is 5.92 Å². The third-order valence-corrected chi connectivity index (χ3v) is 3.44. The Morgan fingerprint density at radius 1 is 1.39 bits per heavy atom. The predicted molar refractivity (Wildman–Crippen MR) is 67.9 cm³/mol. The summed E-state index contributed by atoms with van der Waals surface area (Å²) in [5, 5.41) is 0. The van der Waals surface area contributed by atoms with Crippen molar-refractivity contribution in [2.75, 3.05) is 6.61 Å². The zero-order valence-electron chi connectivity index (χ0n) is 11.6. The normalized spacial score (nSPS) is 22.7. The molecule has 0 radical (unpaired) electrons. The first-order valence-electron chi connectivity index (χ1n) is 6.32. The van der Waals surface area contributed by atoms with E-state index in [9.17, 15) is 9.59 Å². The van der Waals surface area contributed by atoms with Crippen molar-refractivity contribution in [1.82, 2.24) is 0 Å². The summed E-state index contributed by atoms with van der Waals surface area (Å²) in [6, 6.07) is 0. The van der Waals surface area contributed by atoms with Gasteiger partial charge in [-0.05, 0) is 33.1 Å². The van der Waals surface area contributed by atoms with Crippen molar-refractivity contribution < 1.29 is 19.1 Å². The van der Waals surface area contributed by atoms with E-state index >= 15 is 0 Å². The van der Waals surface area contributed by atoms with Crippen LogP contribution in [0.15, 0.2) is 11.6 Å². The maximum Gasteiger partial charge on any atom is 0.303 e. The lowest BCUT2D eigenvalue weighted by molar-refractivity contribution is -0.175. The molecule has 0 aromatic carbocycles. The lowest BCUT2D eigenvalue weighted by Crippen LogP contribution is -2.44. The van der Waals surface area contributed by atoms with E-state index in [4.69, 9.17) is 9.47 Å². The van der Waals surface area contributed by atoms with Crippen LogP contribution in [0.5, 0.6) is 0 Å². The standard InChI is InChI=1S/C14H22O4/c1-10-5-7-13(8-6-10)14(4,18-12(3)16)9-17-11(2)15/h5,13H,6-9H2,1-4H3. The molecule has 0 saturated heterocycles. The highest BCUT2D eigenvalue weighted by atomic mass is 16.6. The first-order valence-corrected chi connectivity index (χ1v) is 6.32. The summed E-state index contributed by atoms with van der Waals surface area (Å²) in [4.78, 5) is 22.2. The van der Waals surface area contributed by atoms with Crippen LogP contribution in [-0.4, -0.2) is 24.1 Å². The van der Waals surface area contributed by atoms with Crippen molar-refractivity contribution >= 4 is 11.9 Å². The molecule has 0 aromatic heterocycles. The van der Waals surface area contributed by atoms with Crippen LogP contribution in [0.1, 0.15) is 47.0 Å². The molecule has 1 rings (SSSR count). The minimum absolute atomic E-state index is 0.124. The Bertz CT molecular complexity index is 359. The number of ether oxygens (including phenoxy) is 2. The molecule has 0 saturated carbocycles. The third-order valence-electron chi connectivity index (χ3n) is 3.44. The van der Waals surface area contributed by atoms with Crippen LogP contribution < -0.4 is 0 Å². The Morgan fingerprint density at radius 3 is 2.50 bits per heavy atom. The minimum atomic E-state index is -0.727. The second-order valence-corrected chi connectivity index (χ2v) is 5.21. The van der Waals surface area contributed by atoms with Gasteiger partial charge < -0.3 is 9.47 Å². The van der Waals surface area contributed by atoms with Gasteiger partial charge in [-0.1, -0.05) is 11.6 Å². The second-order valence-electron chi connectivity index (χ2n) is 5.21. The van der Waals surface area contributed by atoms with E-state index < -0.39 is 5.60 Å². The fourth-order valence-electron chi connectivity index (χ4n) is 2.32. The van der Waals surface area contributed by atoms with Crippen LogP contribution in [0.25, 0.3) is 0 Å². The molecular formula is C14H22O4. The van der Waals surface area contributed by atoms with E-state index in [-0.39, 0.29) is 24.5 Å². The molecule has 1 aliphatic carbocycles. The van der Waals surface area contributed by atoms with Gasteiger partial charge in [0.25, 0.3) is 0 Å². The van der Waals surface area contributed by atoms with Crippen LogP contribution >= 0.6 is 0 Å². The topological polar surface area (TPSA) is 52.6 Å². The molecule has 18 heavy (non-hydrogen) atoms. The van der Waals surface area contributed by atoms with E-state index in [1.165, 1.54) is 19.4 Å². The highest BCUT2D eigenvalue weighted by Crippen LogP contribution is 2.34. The van der Waals surface area contributed by atoms with Gasteiger partial charge in [0.05, 0.1) is 0 Å². The molecule has 0 aromatic rings. The summed E-state index contributed by atoms with van der Waals surface area (Å²) >= 11 is 0. The smallest absolute Gasteiger partial charge is 0.303 e. The van der Waals surface area contributed by atoms with Crippen LogP contribution in [0.3, 0.4) is 0 Å². The van der Waals surface area contributed by atoms with Gasteiger partial charge in [-0.25, -0.2) is 0 Å². The molecule has 2 unspecified atom stereocenters. The second kappa shape index (κ2) is 6.03. The molecule has 0 spiro atoms. The molecule has 2 atom stereocenters. The van der Waals surface area contributed by atoms with Crippen molar-refractivity contribution in [3.63, 3.8) is 0 Å². The molecule has 4 heteroatoms. The summed E-state index contributed by atoms with van der Waals surface area (Å²) in [6.07, 6.45) is 4.98. The van der Waals surface area contributed by atoms with Gasteiger partial charge in [0.15, 0.2) is 0 Å². The molecule has 0 aliphatic heterocycles. The Balaban J connectivity index is 2.76. The Morgan fingerprint density at radius 2 is 2.06 bits per heavy atom. The quantitative estimate of drug-likeness (QED) is 0.571. The van der Waals surface area contributed by atoms with Gasteiger partial charge in [0.2, 0.25) is 0 Å². The number of carbonyl (C=O) groups excluding carboxylic acids is 2. The first kappa shape index (κ1) is 14.7. The Hall–Kier alpha value is -1.32. The van der Waals surface area contributed by atoms with Crippen molar-refractivity contribution in [1.29, 1.82) is 0 Å². The predicted octanol–water partition coefficient (Wildman–Crippen LogP) is 2.62. The summed E-state index contributed by atoms with van der Waals surface area (Å²) in [5.74, 6) is -0.490. The van der Waals surface area contributed by atoms with E-state index in [2.05, 4.69) is 13.0 Å². The Labute approximate surface area is 108 Å². The molecule has 102 valence electrons. The van der Waals surface area contributed by atoms with Gasteiger partial charge in [0.1, 0.15) is 12.2 Å². The number of hydrogen-bond donors (Lipinski definition) is 0. The lowest BCUT2D eigenvalue weighted by atomic mass is 9.79. The molecule has 0 amide bonds. The van der Waals surface area contributed by atoms with Crippen molar-refractivity contribution in [2.45, 2.75) is 52.6 Å². The van der Waals surface area contributed by atoms with Crippen LogP contribution in [0.4, 0.5) is 0 Å². The third kappa shape index (κ3) is 4.17. The fraction of sp³-hybridized carbons (Fsp3) is 0.714. The van der Waals surface area contributed by atoms with E-state index in [1.807, 2.05) is 6.92 Å². The number of rotatable bonds is 4. The number of esters is 2. The molecule has 0 fully saturated rings. The maximum atomic E-state index is 11.2. The monoisotopic (exact) mass is 254 g/mol. The SMILES string of the molecule is CC(=O)OCC(C)(OC(C)=O)C1CC=C(C)CC1.